The number of nitrogens with one attached hydrogen (secondary N) is 1. The molecule has 0 aromatic carbocycles. The van der Waals surface area contributed by atoms with Gasteiger partial charge in [0.25, 0.3) is 0 Å². The quantitative estimate of drug-likeness (QED) is 0.568. The Morgan fingerprint density at radius 3 is 2.62 bits per heavy atom. The maximum atomic E-state index is 3.65. The van der Waals surface area contributed by atoms with Crippen molar-refractivity contribution in [1.82, 2.24) is 5.32 Å². The lowest BCUT2D eigenvalue weighted by Gasteiger charge is -1.88. The summed E-state index contributed by atoms with van der Waals surface area (Å²) in [5.74, 6) is 0. The van der Waals surface area contributed by atoms with E-state index in [1.807, 2.05) is 13.1 Å². The molecule has 0 saturated heterocycles. The van der Waals surface area contributed by atoms with Crippen LogP contribution >= 0.6 is 0 Å². The van der Waals surface area contributed by atoms with E-state index in [1.54, 1.807) is 12.3 Å². The van der Waals surface area contributed by atoms with E-state index in [4.69, 9.17) is 0 Å². The normalized spacial score (nSPS) is 12.6. The molecule has 0 aliphatic rings. The van der Waals surface area contributed by atoms with Crippen molar-refractivity contribution in [3.05, 3.63) is 37.9 Å². The molecule has 0 heterocycles. The van der Waals surface area contributed by atoms with Gasteiger partial charge in [0.1, 0.15) is 0 Å². The van der Waals surface area contributed by atoms with Gasteiger partial charge in [0.2, 0.25) is 0 Å². The first-order valence-electron chi connectivity index (χ1n) is 2.46. The highest BCUT2D eigenvalue weighted by atomic mass is 14.8. The minimum absolute atomic E-state index is 1.00. The Bertz CT molecular complexity index is 97.0. The summed E-state index contributed by atoms with van der Waals surface area (Å²) in [5, 5.41) is 2.87. The molecule has 0 aliphatic heterocycles. The average Bonchev–Trinajstić information content (AvgIpc) is 1.66. The molecule has 1 heteroatoms. The summed E-state index contributed by atoms with van der Waals surface area (Å²) in [7, 11) is 0. The van der Waals surface area contributed by atoms with Gasteiger partial charge < -0.3 is 5.32 Å². The molecule has 0 aromatic rings. The van der Waals surface area contributed by atoms with Crippen molar-refractivity contribution >= 4 is 0 Å². The van der Waals surface area contributed by atoms with Gasteiger partial charge in [0.15, 0.2) is 0 Å². The summed E-state index contributed by atoms with van der Waals surface area (Å²) in [4.78, 5) is 0. The molecule has 0 aromatic heterocycles. The molecule has 0 fully saturated rings. The second-order valence-corrected chi connectivity index (χ2v) is 1.56. The van der Waals surface area contributed by atoms with Crippen LogP contribution in [-0.4, -0.2) is 0 Å². The molecule has 1 N–H and O–H groups in total. The molecule has 44 valence electrons. The minimum atomic E-state index is 1.00. The Morgan fingerprint density at radius 1 is 1.62 bits per heavy atom. The highest BCUT2D eigenvalue weighted by molar-refractivity contribution is 5.01. The van der Waals surface area contributed by atoms with Crippen LogP contribution in [-0.2, 0) is 0 Å². The van der Waals surface area contributed by atoms with E-state index in [9.17, 15) is 0 Å². The van der Waals surface area contributed by atoms with Crippen LogP contribution in [0.2, 0.25) is 0 Å². The molecular weight excluding hydrogens is 98.1 g/mol. The van der Waals surface area contributed by atoms with E-state index < -0.39 is 0 Å². The van der Waals surface area contributed by atoms with Gasteiger partial charge in [-0.2, -0.15) is 0 Å². The number of allylic oxidation sites excluding steroid dienone is 2. The summed E-state index contributed by atoms with van der Waals surface area (Å²) in [6, 6.07) is 0. The van der Waals surface area contributed by atoms with Crippen LogP contribution in [0.15, 0.2) is 24.0 Å². The molecule has 0 rings (SSSR count). The first-order chi connectivity index (χ1) is 3.77. The predicted octanol–water partition coefficient (Wildman–Crippen LogP) is 1.66. The van der Waals surface area contributed by atoms with Crippen molar-refractivity contribution < 1.29 is 0 Å². The van der Waals surface area contributed by atoms with E-state index in [0.29, 0.717) is 0 Å². The first kappa shape index (κ1) is 7.28. The molecule has 0 aliphatic carbocycles. The van der Waals surface area contributed by atoms with Crippen LogP contribution in [0, 0.1) is 13.8 Å². The van der Waals surface area contributed by atoms with E-state index in [1.165, 1.54) is 0 Å². The lowest BCUT2D eigenvalue weighted by Crippen LogP contribution is -1.91. The van der Waals surface area contributed by atoms with Crippen LogP contribution in [0.5, 0.6) is 0 Å². The zero-order valence-electron chi connectivity index (χ0n) is 5.15. The van der Waals surface area contributed by atoms with Crippen molar-refractivity contribution in [3.8, 4) is 0 Å². The summed E-state index contributed by atoms with van der Waals surface area (Å²) in [6.45, 7) is 9.06. The molecule has 0 bridgehead atoms. The van der Waals surface area contributed by atoms with Crippen LogP contribution in [0.4, 0.5) is 0 Å². The summed E-state index contributed by atoms with van der Waals surface area (Å²) in [6.07, 6.45) is 5.23. The van der Waals surface area contributed by atoms with Crippen molar-refractivity contribution in [2.24, 2.45) is 0 Å². The molecular formula is C7H11N. The van der Waals surface area contributed by atoms with Gasteiger partial charge in [-0.15, -0.1) is 0 Å². The maximum Gasteiger partial charge on any atom is -0.000641 e. The Balaban J connectivity index is 3.30. The first-order valence-corrected chi connectivity index (χ1v) is 2.46. The molecule has 0 spiro atoms. The van der Waals surface area contributed by atoms with Gasteiger partial charge >= 0.3 is 0 Å². The average molecular weight is 109 g/mol. The van der Waals surface area contributed by atoms with E-state index in [2.05, 4.69) is 19.2 Å². The summed E-state index contributed by atoms with van der Waals surface area (Å²) < 4.78 is 0. The number of hydrogen-bond donors (Lipinski definition) is 1. The van der Waals surface area contributed by atoms with Crippen LogP contribution in [0.25, 0.3) is 0 Å². The lowest BCUT2D eigenvalue weighted by molar-refractivity contribution is 1.17. The SMILES string of the molecule is [CH2]/C=C\N/C=C(\[CH2])C. The van der Waals surface area contributed by atoms with Crippen molar-refractivity contribution in [1.29, 1.82) is 0 Å². The van der Waals surface area contributed by atoms with E-state index in [0.717, 1.165) is 5.57 Å². The van der Waals surface area contributed by atoms with Crippen molar-refractivity contribution in [3.63, 3.8) is 0 Å². The molecule has 0 atom stereocenters. The Morgan fingerprint density at radius 2 is 2.25 bits per heavy atom. The monoisotopic (exact) mass is 109 g/mol. The molecule has 8 heavy (non-hydrogen) atoms. The minimum Gasteiger partial charge on any atom is -0.368 e. The van der Waals surface area contributed by atoms with Crippen LogP contribution in [0.1, 0.15) is 6.92 Å². The highest BCUT2D eigenvalue weighted by Crippen LogP contribution is 1.81. The molecule has 1 nitrogen and oxygen atoms in total. The third-order valence-corrected chi connectivity index (χ3v) is 0.544. The standard InChI is InChI=1S/C7H11N/c1-4-5-8-6-7(2)3/h4-6,8H,1-2H2,3H3/b5-4-,7-6+. The Hall–Kier alpha value is -0.720. The van der Waals surface area contributed by atoms with E-state index in [-0.39, 0.29) is 0 Å². The summed E-state index contributed by atoms with van der Waals surface area (Å²) in [5.41, 5.74) is 1.00. The number of rotatable bonds is 2. The fraction of sp³-hybridized carbons (Fsp3) is 0.143. The second-order valence-electron chi connectivity index (χ2n) is 1.56. The van der Waals surface area contributed by atoms with Gasteiger partial charge in [-0.25, -0.2) is 0 Å². The topological polar surface area (TPSA) is 12.0 Å². The van der Waals surface area contributed by atoms with Crippen molar-refractivity contribution in [2.75, 3.05) is 0 Å². The highest BCUT2D eigenvalue weighted by Gasteiger charge is 1.68. The van der Waals surface area contributed by atoms with Gasteiger partial charge in [-0.3, -0.25) is 0 Å². The van der Waals surface area contributed by atoms with Crippen molar-refractivity contribution in [2.45, 2.75) is 6.92 Å². The van der Waals surface area contributed by atoms with Crippen LogP contribution < -0.4 is 5.32 Å². The van der Waals surface area contributed by atoms with Gasteiger partial charge in [0.05, 0.1) is 0 Å². The Labute approximate surface area is 51.1 Å². The molecule has 0 amide bonds. The largest absolute Gasteiger partial charge is 0.368 e. The molecule has 0 unspecified atom stereocenters. The smallest absolute Gasteiger partial charge is 0.000641 e. The lowest BCUT2D eigenvalue weighted by atomic mass is 10.4. The Kier molecular flexibility index (Phi) is 4.04. The van der Waals surface area contributed by atoms with Gasteiger partial charge in [-0.05, 0) is 33.2 Å². The number of hydrogen-bond acceptors (Lipinski definition) is 1. The summed E-state index contributed by atoms with van der Waals surface area (Å²) >= 11 is 0. The predicted molar refractivity (Wildman–Crippen MR) is 36.7 cm³/mol. The van der Waals surface area contributed by atoms with E-state index >= 15 is 0 Å². The maximum absolute atomic E-state index is 3.65. The molecule has 0 saturated carbocycles. The fourth-order valence-electron chi connectivity index (χ4n) is 0.258. The third-order valence-electron chi connectivity index (χ3n) is 0.544. The zero-order valence-corrected chi connectivity index (χ0v) is 5.15. The second kappa shape index (κ2) is 4.44. The third kappa shape index (κ3) is 5.28. The van der Waals surface area contributed by atoms with Crippen LogP contribution in [0.3, 0.4) is 0 Å². The molecule has 2 radical (unpaired) electrons. The van der Waals surface area contributed by atoms with Gasteiger partial charge in [-0.1, -0.05) is 11.6 Å². The zero-order chi connectivity index (χ0) is 6.41. The fourth-order valence-corrected chi connectivity index (χ4v) is 0.258. The van der Waals surface area contributed by atoms with Gasteiger partial charge in [0, 0.05) is 0 Å².